The van der Waals surface area contributed by atoms with E-state index in [1.807, 2.05) is 4.57 Å². The van der Waals surface area contributed by atoms with Crippen LogP contribution in [0.3, 0.4) is 0 Å². The van der Waals surface area contributed by atoms with Gasteiger partial charge in [-0.25, -0.2) is 9.18 Å². The number of carbonyl (C=O) groups is 1. The third-order valence-electron chi connectivity index (χ3n) is 6.33. The number of aromatic carboxylic acids is 1. The molecule has 29 heavy (non-hydrogen) atoms. The summed E-state index contributed by atoms with van der Waals surface area (Å²) in [6.07, 6.45) is 4.08. The fourth-order valence-electron chi connectivity index (χ4n) is 4.74. The molecule has 1 saturated carbocycles. The topological polar surface area (TPSA) is 75.0 Å². The summed E-state index contributed by atoms with van der Waals surface area (Å²) >= 11 is 0. The molecule has 3 aliphatic rings. The zero-order chi connectivity index (χ0) is 20.3. The molecule has 1 N–H and O–H groups in total. The smallest absolute Gasteiger partial charge is 0.341 e. The quantitative estimate of drug-likeness (QED) is 0.832. The van der Waals surface area contributed by atoms with Gasteiger partial charge in [-0.3, -0.25) is 4.79 Å². The molecule has 5 rings (SSSR count). The minimum absolute atomic E-state index is 0.128. The molecule has 1 aromatic carbocycles. The second-order valence-electron chi connectivity index (χ2n) is 8.35. The number of hydrogen-bond acceptors (Lipinski definition) is 5. The van der Waals surface area contributed by atoms with Crippen LogP contribution < -0.4 is 10.3 Å². The number of piperazine rings is 1. The average Bonchev–Trinajstić information content (AvgIpc) is 3.49. The largest absolute Gasteiger partial charge is 0.477 e. The maximum Gasteiger partial charge on any atom is 0.341 e. The van der Waals surface area contributed by atoms with Crippen LogP contribution in [0.25, 0.3) is 10.9 Å². The highest BCUT2D eigenvalue weighted by Gasteiger charge is 2.34. The molecule has 1 saturated heterocycles. The minimum atomic E-state index is -1.28. The second kappa shape index (κ2) is 6.81. The molecule has 0 spiro atoms. The summed E-state index contributed by atoms with van der Waals surface area (Å²) in [4.78, 5) is 28.8. The fourth-order valence-corrected chi connectivity index (χ4v) is 4.74. The summed E-state index contributed by atoms with van der Waals surface area (Å²) in [6, 6.07) is 1.51. The molecule has 2 aliphatic heterocycles. The highest BCUT2D eigenvalue weighted by Crippen LogP contribution is 2.41. The molecular weight excluding hydrogens is 377 g/mol. The second-order valence-corrected chi connectivity index (χ2v) is 8.35. The summed E-state index contributed by atoms with van der Waals surface area (Å²) in [5.74, 6) is -1.76. The highest BCUT2D eigenvalue weighted by atomic mass is 19.1. The Morgan fingerprint density at radius 2 is 2.03 bits per heavy atom. The van der Waals surface area contributed by atoms with Crippen LogP contribution in [0, 0.1) is 5.82 Å². The van der Waals surface area contributed by atoms with Crippen molar-refractivity contribution in [2.45, 2.75) is 38.0 Å². The Labute approximate surface area is 167 Å². The lowest BCUT2D eigenvalue weighted by molar-refractivity contribution is 0.0695. The van der Waals surface area contributed by atoms with Crippen molar-refractivity contribution in [1.82, 2.24) is 9.47 Å². The van der Waals surface area contributed by atoms with Crippen LogP contribution in [-0.2, 0) is 11.3 Å². The van der Waals surface area contributed by atoms with Gasteiger partial charge in [0.25, 0.3) is 0 Å². The van der Waals surface area contributed by atoms with Gasteiger partial charge < -0.3 is 24.2 Å². The molecular formula is C21H24FN3O4. The van der Waals surface area contributed by atoms with Gasteiger partial charge in [0.2, 0.25) is 5.43 Å². The first-order valence-corrected chi connectivity index (χ1v) is 10.1. The normalized spacial score (nSPS) is 22.7. The molecule has 8 heteroatoms. The van der Waals surface area contributed by atoms with Gasteiger partial charge in [0, 0.05) is 55.5 Å². The van der Waals surface area contributed by atoms with E-state index in [1.165, 1.54) is 12.3 Å². The van der Waals surface area contributed by atoms with Crippen molar-refractivity contribution in [2.24, 2.45) is 0 Å². The number of ether oxygens (including phenoxy) is 1. The van der Waals surface area contributed by atoms with Crippen molar-refractivity contribution in [3.8, 4) is 0 Å². The summed E-state index contributed by atoms with van der Waals surface area (Å²) in [5.41, 5.74) is 0.844. The lowest BCUT2D eigenvalue weighted by atomic mass is 9.99. The zero-order valence-corrected chi connectivity index (χ0v) is 16.4. The molecule has 1 aliphatic carbocycles. The van der Waals surface area contributed by atoms with Gasteiger partial charge in [-0.2, -0.15) is 0 Å². The molecule has 7 nitrogen and oxygen atoms in total. The number of benzene rings is 1. The Hall–Kier alpha value is -2.45. The van der Waals surface area contributed by atoms with Gasteiger partial charge in [0.15, 0.2) is 0 Å². The lowest BCUT2D eigenvalue weighted by Gasteiger charge is -2.43. The number of likely N-dealkylation sites (N-methyl/N-ethyl adjacent to an activating group) is 1. The summed E-state index contributed by atoms with van der Waals surface area (Å²) < 4.78 is 23.2. The van der Waals surface area contributed by atoms with Crippen LogP contribution in [-0.4, -0.2) is 59.9 Å². The number of pyridine rings is 1. The van der Waals surface area contributed by atoms with E-state index in [-0.39, 0.29) is 29.6 Å². The van der Waals surface area contributed by atoms with Gasteiger partial charge in [-0.05, 0) is 32.4 Å². The van der Waals surface area contributed by atoms with E-state index in [0.29, 0.717) is 29.9 Å². The van der Waals surface area contributed by atoms with Crippen LogP contribution >= 0.6 is 0 Å². The van der Waals surface area contributed by atoms with E-state index in [0.717, 1.165) is 32.4 Å². The highest BCUT2D eigenvalue weighted by molar-refractivity contribution is 5.95. The number of hydrogen-bond donors (Lipinski definition) is 1. The Morgan fingerprint density at radius 3 is 2.76 bits per heavy atom. The third-order valence-corrected chi connectivity index (χ3v) is 6.33. The van der Waals surface area contributed by atoms with E-state index in [1.54, 1.807) is 0 Å². The molecule has 0 radical (unpaired) electrons. The number of nitrogens with zero attached hydrogens (tertiary/aromatic N) is 3. The number of fused-ring (bicyclic) bond motifs is 5. The van der Waals surface area contributed by atoms with Crippen molar-refractivity contribution in [1.29, 1.82) is 0 Å². The van der Waals surface area contributed by atoms with Gasteiger partial charge in [0.05, 0.1) is 17.8 Å². The Bertz CT molecular complexity index is 1060. The first-order valence-electron chi connectivity index (χ1n) is 10.1. The monoisotopic (exact) mass is 401 g/mol. The molecule has 3 heterocycles. The number of anilines is 1. The summed E-state index contributed by atoms with van der Waals surface area (Å²) in [5, 5.41) is 9.60. The van der Waals surface area contributed by atoms with Crippen molar-refractivity contribution in [3.05, 3.63) is 39.4 Å². The molecule has 154 valence electrons. The molecule has 0 bridgehead atoms. The SMILES string of the molecule is CN1CCN2c3c(F)cc4c(=O)c(C(=O)O)cn(C5CC5)c4c3COCC[C@@H]2C1. The minimum Gasteiger partial charge on any atom is -0.477 e. The predicted octanol–water partition coefficient (Wildman–Crippen LogP) is 2.21. The first kappa shape index (κ1) is 18.6. The van der Waals surface area contributed by atoms with Crippen LogP contribution in [0.2, 0.25) is 0 Å². The molecule has 2 aromatic rings. The standard InChI is InChI=1S/C21H24FN3O4/c1-23-5-6-24-13(9-23)4-7-29-11-16-18-14(8-17(22)19(16)24)20(26)15(21(27)28)10-25(18)12-2-3-12/h8,10,12-13H,2-7,9,11H2,1H3,(H,27,28)/t13-/m1/s1. The van der Waals surface area contributed by atoms with Gasteiger partial charge in [-0.1, -0.05) is 0 Å². The van der Waals surface area contributed by atoms with E-state index >= 15 is 4.39 Å². The fraction of sp³-hybridized carbons (Fsp3) is 0.524. The van der Waals surface area contributed by atoms with E-state index in [2.05, 4.69) is 16.8 Å². The molecule has 0 amide bonds. The molecule has 2 fully saturated rings. The predicted molar refractivity (Wildman–Crippen MR) is 106 cm³/mol. The molecule has 1 aromatic heterocycles. The van der Waals surface area contributed by atoms with Gasteiger partial charge in [-0.15, -0.1) is 0 Å². The van der Waals surface area contributed by atoms with Crippen molar-refractivity contribution >= 4 is 22.6 Å². The van der Waals surface area contributed by atoms with E-state index < -0.39 is 17.2 Å². The maximum absolute atomic E-state index is 15.4. The number of aromatic nitrogens is 1. The van der Waals surface area contributed by atoms with Crippen molar-refractivity contribution < 1.29 is 19.0 Å². The van der Waals surface area contributed by atoms with Crippen LogP contribution in [0.15, 0.2) is 17.1 Å². The number of carboxylic acids is 1. The molecule has 1 atom stereocenters. The van der Waals surface area contributed by atoms with Gasteiger partial charge >= 0.3 is 5.97 Å². The van der Waals surface area contributed by atoms with Crippen LogP contribution in [0.5, 0.6) is 0 Å². The average molecular weight is 401 g/mol. The Balaban J connectivity index is 1.81. The zero-order valence-electron chi connectivity index (χ0n) is 16.4. The molecule has 0 unspecified atom stereocenters. The van der Waals surface area contributed by atoms with Crippen molar-refractivity contribution in [3.63, 3.8) is 0 Å². The summed E-state index contributed by atoms with van der Waals surface area (Å²) in [6.45, 7) is 3.14. The summed E-state index contributed by atoms with van der Waals surface area (Å²) in [7, 11) is 2.06. The Kier molecular flexibility index (Phi) is 4.36. The lowest BCUT2D eigenvalue weighted by Crippen LogP contribution is -2.53. The third kappa shape index (κ3) is 3.02. The van der Waals surface area contributed by atoms with Crippen molar-refractivity contribution in [2.75, 3.05) is 38.2 Å². The van der Waals surface area contributed by atoms with Gasteiger partial charge in [0.1, 0.15) is 11.4 Å². The van der Waals surface area contributed by atoms with E-state index in [4.69, 9.17) is 4.74 Å². The van der Waals surface area contributed by atoms with E-state index in [9.17, 15) is 14.7 Å². The van der Waals surface area contributed by atoms with Crippen LogP contribution in [0.1, 0.15) is 41.2 Å². The number of rotatable bonds is 2. The van der Waals surface area contributed by atoms with Crippen LogP contribution in [0.4, 0.5) is 10.1 Å². The number of carboxylic acid groups (broad SMARTS) is 1. The first-order chi connectivity index (χ1) is 14.0. The Morgan fingerprint density at radius 1 is 1.24 bits per heavy atom. The maximum atomic E-state index is 15.4. The number of halogens is 1.